The largest absolute Gasteiger partial charge is 0.465 e. The van der Waals surface area contributed by atoms with Crippen molar-refractivity contribution in [3.05, 3.63) is 12.4 Å². The standard InChI is InChI=1S/C27H33F3N10O5/c1-16(41)22(42)37-5-7-38(8-6-37)24-33-18-20(36-9-11-45-12-10-36)34-19(35-21(18)39(24)15-27(28,29)30)17-13-31-23(32-14-17)40(25(43)44)26(2,3)4/h13-14H,5-12,15H2,1-4H3,(H,43,44). The molecule has 2 amide bonds. The minimum Gasteiger partial charge on any atom is -0.465 e. The smallest absolute Gasteiger partial charge is 0.414 e. The van der Waals surface area contributed by atoms with Crippen LogP contribution in [0.1, 0.15) is 27.7 Å². The van der Waals surface area contributed by atoms with E-state index in [-0.39, 0.29) is 60.6 Å². The van der Waals surface area contributed by atoms with Crippen molar-refractivity contribution in [1.29, 1.82) is 0 Å². The first-order valence-electron chi connectivity index (χ1n) is 14.2. The number of imidazole rings is 1. The van der Waals surface area contributed by atoms with Gasteiger partial charge < -0.3 is 24.5 Å². The second-order valence-corrected chi connectivity index (χ2v) is 11.7. The molecule has 45 heavy (non-hydrogen) atoms. The summed E-state index contributed by atoms with van der Waals surface area (Å²) in [5, 5.41) is 9.71. The SMILES string of the molecule is CC(=O)C(=O)N1CCN(c2nc3c(N4CCOCC4)nc(-c4cnc(N(C(=O)O)C(C)(C)C)nc4)nc3n2CC(F)(F)F)CC1. The monoisotopic (exact) mass is 634 g/mol. The van der Waals surface area contributed by atoms with Crippen LogP contribution in [0, 0.1) is 0 Å². The molecule has 3 aromatic heterocycles. The lowest BCUT2D eigenvalue weighted by Crippen LogP contribution is -2.51. The van der Waals surface area contributed by atoms with Gasteiger partial charge in [0.1, 0.15) is 6.54 Å². The number of aromatic nitrogens is 6. The molecule has 0 aromatic carbocycles. The first kappa shape index (κ1) is 31.8. The molecule has 0 bridgehead atoms. The number of halogens is 3. The third-order valence-electron chi connectivity index (χ3n) is 7.31. The summed E-state index contributed by atoms with van der Waals surface area (Å²) in [7, 11) is 0. The van der Waals surface area contributed by atoms with Crippen LogP contribution >= 0.6 is 0 Å². The second kappa shape index (κ2) is 12.1. The molecule has 0 unspecified atom stereocenters. The van der Waals surface area contributed by atoms with E-state index >= 15 is 0 Å². The molecule has 3 aromatic rings. The average molecular weight is 635 g/mol. The highest BCUT2D eigenvalue weighted by Crippen LogP contribution is 2.34. The van der Waals surface area contributed by atoms with Gasteiger partial charge in [-0.15, -0.1) is 0 Å². The minimum atomic E-state index is -4.63. The maximum atomic E-state index is 14.0. The van der Waals surface area contributed by atoms with E-state index in [0.717, 1.165) is 9.47 Å². The van der Waals surface area contributed by atoms with Gasteiger partial charge in [-0.2, -0.15) is 13.2 Å². The van der Waals surface area contributed by atoms with Crippen LogP contribution in [0.2, 0.25) is 0 Å². The Hall–Kier alpha value is -4.61. The highest BCUT2D eigenvalue weighted by atomic mass is 19.4. The number of nitrogens with zero attached hydrogens (tertiary/aromatic N) is 10. The summed E-state index contributed by atoms with van der Waals surface area (Å²) < 4.78 is 48.5. The van der Waals surface area contributed by atoms with E-state index in [0.29, 0.717) is 32.1 Å². The number of morpholine rings is 1. The number of fused-ring (bicyclic) bond motifs is 1. The van der Waals surface area contributed by atoms with E-state index in [1.807, 2.05) is 4.90 Å². The number of carbonyl (C=O) groups excluding carboxylic acids is 2. The van der Waals surface area contributed by atoms with Crippen LogP contribution in [0.15, 0.2) is 12.4 Å². The van der Waals surface area contributed by atoms with Gasteiger partial charge in [-0.25, -0.2) is 34.6 Å². The van der Waals surface area contributed by atoms with Gasteiger partial charge in [0.15, 0.2) is 22.8 Å². The fraction of sp³-hybridized carbons (Fsp3) is 0.556. The molecule has 2 aliphatic rings. The van der Waals surface area contributed by atoms with E-state index in [1.165, 1.54) is 24.2 Å². The van der Waals surface area contributed by atoms with Crippen molar-refractivity contribution in [2.75, 3.05) is 67.2 Å². The summed E-state index contributed by atoms with van der Waals surface area (Å²) >= 11 is 0. The summed E-state index contributed by atoms with van der Waals surface area (Å²) in [5.41, 5.74) is -0.504. The Morgan fingerprint density at radius 1 is 0.933 bits per heavy atom. The lowest BCUT2D eigenvalue weighted by Gasteiger charge is -2.35. The first-order chi connectivity index (χ1) is 21.1. The molecule has 0 aliphatic carbocycles. The Kier molecular flexibility index (Phi) is 8.52. The number of carboxylic acid groups (broad SMARTS) is 1. The number of piperazine rings is 1. The number of hydrogen-bond donors (Lipinski definition) is 1. The molecule has 18 heteroatoms. The average Bonchev–Trinajstić information content (AvgIpc) is 3.33. The number of anilines is 3. The molecular formula is C27H33F3N10O5. The van der Waals surface area contributed by atoms with Gasteiger partial charge in [0.25, 0.3) is 5.91 Å². The van der Waals surface area contributed by atoms with Crippen LogP contribution < -0.4 is 14.7 Å². The Labute approximate surface area is 255 Å². The van der Waals surface area contributed by atoms with E-state index in [9.17, 15) is 32.7 Å². The number of ketones is 1. The van der Waals surface area contributed by atoms with Crippen LogP contribution in [0.25, 0.3) is 22.6 Å². The third kappa shape index (κ3) is 6.74. The number of ether oxygens (including phenoxy) is 1. The lowest BCUT2D eigenvalue weighted by atomic mass is 10.1. The van der Waals surface area contributed by atoms with Gasteiger partial charge in [0.05, 0.1) is 18.8 Å². The zero-order valence-electron chi connectivity index (χ0n) is 25.2. The number of rotatable bonds is 6. The molecule has 5 heterocycles. The zero-order valence-corrected chi connectivity index (χ0v) is 25.2. The second-order valence-electron chi connectivity index (χ2n) is 11.7. The van der Waals surface area contributed by atoms with Gasteiger partial charge in [-0.1, -0.05) is 0 Å². The summed E-state index contributed by atoms with van der Waals surface area (Å²) in [6, 6.07) is 0. The molecule has 0 atom stereocenters. The Balaban J connectivity index is 1.62. The molecule has 5 rings (SSSR count). The quantitative estimate of drug-likeness (QED) is 0.394. The topological polar surface area (TPSA) is 163 Å². The van der Waals surface area contributed by atoms with Crippen molar-refractivity contribution >= 4 is 46.7 Å². The van der Waals surface area contributed by atoms with Crippen molar-refractivity contribution in [3.8, 4) is 11.4 Å². The minimum absolute atomic E-state index is 0.00656. The maximum Gasteiger partial charge on any atom is 0.414 e. The molecule has 15 nitrogen and oxygen atoms in total. The highest BCUT2D eigenvalue weighted by Gasteiger charge is 2.35. The summed E-state index contributed by atoms with van der Waals surface area (Å²) in [5.74, 6) is -1.01. The van der Waals surface area contributed by atoms with Gasteiger partial charge in [0.2, 0.25) is 17.7 Å². The molecule has 2 aliphatic heterocycles. The molecule has 2 fully saturated rings. The molecule has 242 valence electrons. The zero-order chi connectivity index (χ0) is 32.7. The molecule has 1 N–H and O–H groups in total. The van der Waals surface area contributed by atoms with Crippen LogP contribution in [-0.4, -0.2) is 121 Å². The van der Waals surface area contributed by atoms with Gasteiger partial charge >= 0.3 is 12.3 Å². The van der Waals surface area contributed by atoms with E-state index in [4.69, 9.17) is 4.74 Å². The highest BCUT2D eigenvalue weighted by molar-refractivity contribution is 6.35. The molecule has 0 spiro atoms. The molecule has 0 saturated carbocycles. The normalized spacial score (nSPS) is 16.3. The number of hydrogen-bond acceptors (Lipinski definition) is 11. The van der Waals surface area contributed by atoms with Crippen molar-refractivity contribution in [3.63, 3.8) is 0 Å². The lowest BCUT2D eigenvalue weighted by molar-refractivity contribution is -0.143. The fourth-order valence-electron chi connectivity index (χ4n) is 5.22. The van der Waals surface area contributed by atoms with Crippen LogP contribution in [-0.2, 0) is 20.9 Å². The first-order valence-corrected chi connectivity index (χ1v) is 14.2. The van der Waals surface area contributed by atoms with Crippen LogP contribution in [0.4, 0.5) is 35.7 Å². The van der Waals surface area contributed by atoms with Crippen molar-refractivity contribution < 1.29 is 37.4 Å². The fourth-order valence-corrected chi connectivity index (χ4v) is 5.22. The number of amides is 2. The van der Waals surface area contributed by atoms with Gasteiger partial charge in [-0.3, -0.25) is 14.2 Å². The Morgan fingerprint density at radius 2 is 1.56 bits per heavy atom. The molecule has 2 saturated heterocycles. The van der Waals surface area contributed by atoms with E-state index in [2.05, 4.69) is 24.9 Å². The van der Waals surface area contributed by atoms with Crippen LogP contribution in [0.5, 0.6) is 0 Å². The predicted molar refractivity (Wildman–Crippen MR) is 155 cm³/mol. The van der Waals surface area contributed by atoms with Crippen molar-refractivity contribution in [2.24, 2.45) is 0 Å². The summed E-state index contributed by atoms with van der Waals surface area (Å²) in [6.45, 7) is 6.97. The third-order valence-corrected chi connectivity index (χ3v) is 7.31. The number of carbonyl (C=O) groups is 3. The molecular weight excluding hydrogens is 601 g/mol. The Bertz CT molecular complexity index is 1590. The van der Waals surface area contributed by atoms with Crippen molar-refractivity contribution in [2.45, 2.75) is 46.0 Å². The number of alkyl halides is 3. The van der Waals surface area contributed by atoms with E-state index in [1.54, 1.807) is 25.7 Å². The summed E-state index contributed by atoms with van der Waals surface area (Å²) in [6.07, 6.45) is -3.23. The summed E-state index contributed by atoms with van der Waals surface area (Å²) in [4.78, 5) is 63.7. The van der Waals surface area contributed by atoms with Crippen molar-refractivity contribution in [1.82, 2.24) is 34.4 Å². The van der Waals surface area contributed by atoms with Gasteiger partial charge in [-0.05, 0) is 20.8 Å². The Morgan fingerprint density at radius 3 is 2.09 bits per heavy atom. The van der Waals surface area contributed by atoms with Gasteiger partial charge in [0, 0.05) is 64.1 Å². The van der Waals surface area contributed by atoms with Crippen LogP contribution in [0.3, 0.4) is 0 Å². The molecule has 0 radical (unpaired) electrons. The maximum absolute atomic E-state index is 14.0. The van der Waals surface area contributed by atoms with E-state index < -0.39 is 36.0 Å². The number of Topliss-reactive ketones (excluding diaryl/α,β-unsaturated/α-hetero) is 1. The predicted octanol–water partition coefficient (Wildman–Crippen LogP) is 2.20.